The molecular formula is C30H19O4P. The summed E-state index contributed by atoms with van der Waals surface area (Å²) in [5.41, 5.74) is 3.47. The van der Waals surface area contributed by atoms with E-state index in [9.17, 15) is 9.46 Å². The molecule has 6 aromatic rings. The smallest absolute Gasteiger partial charge is 0.395 e. The van der Waals surface area contributed by atoms with Gasteiger partial charge in [0.2, 0.25) is 0 Å². The first-order valence-corrected chi connectivity index (χ1v) is 12.9. The van der Waals surface area contributed by atoms with E-state index in [1.54, 1.807) is 6.07 Å². The highest BCUT2D eigenvalue weighted by Crippen LogP contribution is 2.58. The number of rotatable bonds is 1. The largest absolute Gasteiger partial charge is 0.584 e. The highest BCUT2D eigenvalue weighted by atomic mass is 31.2. The zero-order chi connectivity index (χ0) is 23.6. The Morgan fingerprint density at radius 2 is 1.09 bits per heavy atom. The molecule has 1 heterocycles. The Kier molecular flexibility index (Phi) is 4.31. The summed E-state index contributed by atoms with van der Waals surface area (Å²) in [5, 5.41) is 6.12. The van der Waals surface area contributed by atoms with E-state index in [4.69, 9.17) is 9.05 Å². The normalized spacial score (nSPS) is 16.8. The third-order valence-corrected chi connectivity index (χ3v) is 7.51. The fourth-order valence-electron chi connectivity index (χ4n) is 5.22. The lowest BCUT2D eigenvalue weighted by Crippen LogP contribution is -1.98. The van der Waals surface area contributed by atoms with Crippen molar-refractivity contribution in [2.75, 3.05) is 0 Å². The van der Waals surface area contributed by atoms with Crippen LogP contribution in [0.3, 0.4) is 0 Å². The van der Waals surface area contributed by atoms with Crippen LogP contribution in [-0.2, 0) is 4.57 Å². The van der Waals surface area contributed by atoms with E-state index in [0.717, 1.165) is 54.6 Å². The molecule has 1 atom stereocenters. The Morgan fingerprint density at radius 3 is 1.89 bits per heavy atom. The Morgan fingerprint density at radius 1 is 0.514 bits per heavy atom. The summed E-state index contributed by atoms with van der Waals surface area (Å²) in [7, 11) is -4.41. The third-order valence-electron chi connectivity index (χ3n) is 6.66. The molecule has 35 heavy (non-hydrogen) atoms. The van der Waals surface area contributed by atoms with Gasteiger partial charge in [-0.05, 0) is 55.6 Å². The lowest BCUT2D eigenvalue weighted by atomic mass is 9.87. The molecule has 7 rings (SSSR count). The van der Waals surface area contributed by atoms with Crippen LogP contribution in [0.5, 0.6) is 11.5 Å². The molecule has 0 fully saturated rings. The second kappa shape index (κ2) is 7.44. The van der Waals surface area contributed by atoms with E-state index in [1.165, 1.54) is 0 Å². The molecular weight excluding hydrogens is 455 g/mol. The lowest BCUT2D eigenvalue weighted by Gasteiger charge is -2.17. The first-order valence-electron chi connectivity index (χ1n) is 11.4. The highest BCUT2D eigenvalue weighted by Gasteiger charge is 2.34. The quantitative estimate of drug-likeness (QED) is 0.243. The molecule has 0 amide bonds. The van der Waals surface area contributed by atoms with E-state index < -0.39 is 7.82 Å². The number of hydrogen-bond acceptors (Lipinski definition) is 3. The summed E-state index contributed by atoms with van der Waals surface area (Å²) in [6.45, 7) is 0. The molecule has 0 saturated heterocycles. The summed E-state index contributed by atoms with van der Waals surface area (Å²) < 4.78 is 24.4. The number of hydrogen-bond donors (Lipinski definition) is 1. The van der Waals surface area contributed by atoms with Gasteiger partial charge in [0, 0.05) is 11.1 Å². The first-order chi connectivity index (χ1) is 17.1. The Hall–Kier alpha value is -4.11. The molecule has 0 saturated carbocycles. The van der Waals surface area contributed by atoms with Gasteiger partial charge in [-0.2, -0.15) is 0 Å². The molecule has 1 aliphatic rings. The van der Waals surface area contributed by atoms with Gasteiger partial charge in [-0.3, -0.25) is 4.89 Å². The molecule has 0 spiro atoms. The van der Waals surface area contributed by atoms with Crippen LogP contribution >= 0.6 is 7.82 Å². The molecule has 5 heteroatoms. The zero-order valence-electron chi connectivity index (χ0n) is 18.5. The fraction of sp³-hybridized carbons (Fsp3) is 0. The molecule has 168 valence electrons. The molecule has 1 unspecified atom stereocenters. The Bertz CT molecular complexity index is 1850. The standard InChI is InChI=1S/C30H19O4P/c31-35(32)33-27-17-16-20-9-2-4-12-22(20)29(27)30-25-14-6-5-13-24(25)26(18-28(30)34-35)23-15-7-10-19-8-1-3-11-21(19)23/h1-18H,(H,31,32). The Labute approximate surface area is 201 Å². The summed E-state index contributed by atoms with van der Waals surface area (Å²) in [6.07, 6.45) is 0. The predicted molar refractivity (Wildman–Crippen MR) is 141 cm³/mol. The van der Waals surface area contributed by atoms with Gasteiger partial charge in [-0.1, -0.05) is 97.1 Å². The maximum Gasteiger partial charge on any atom is 0.584 e. The molecule has 0 aromatic heterocycles. The van der Waals surface area contributed by atoms with Gasteiger partial charge < -0.3 is 9.05 Å². The van der Waals surface area contributed by atoms with Crippen molar-refractivity contribution in [1.29, 1.82) is 0 Å². The van der Waals surface area contributed by atoms with Gasteiger partial charge in [0.25, 0.3) is 0 Å². The summed E-state index contributed by atoms with van der Waals surface area (Å²) >= 11 is 0. The van der Waals surface area contributed by atoms with Crippen molar-refractivity contribution in [2.24, 2.45) is 0 Å². The van der Waals surface area contributed by atoms with Gasteiger partial charge in [0.15, 0.2) is 0 Å². The Balaban J connectivity index is 1.66. The second-order valence-electron chi connectivity index (χ2n) is 8.68. The SMILES string of the molecule is O=P1(O)Oc2ccc3ccccc3c2-c2c(cc(-c3cccc4ccccc34)c3ccccc23)O1. The van der Waals surface area contributed by atoms with Crippen LogP contribution in [-0.4, -0.2) is 4.89 Å². The van der Waals surface area contributed by atoms with E-state index in [2.05, 4.69) is 30.3 Å². The number of benzene rings is 6. The van der Waals surface area contributed by atoms with Crippen molar-refractivity contribution in [3.05, 3.63) is 109 Å². The first kappa shape index (κ1) is 20.3. The van der Waals surface area contributed by atoms with Crippen LogP contribution in [0.1, 0.15) is 0 Å². The van der Waals surface area contributed by atoms with Crippen molar-refractivity contribution >= 4 is 40.1 Å². The van der Waals surface area contributed by atoms with Crippen molar-refractivity contribution in [3.63, 3.8) is 0 Å². The van der Waals surface area contributed by atoms with Crippen LogP contribution in [0.15, 0.2) is 109 Å². The molecule has 4 nitrogen and oxygen atoms in total. The zero-order valence-corrected chi connectivity index (χ0v) is 19.4. The lowest BCUT2D eigenvalue weighted by molar-refractivity contribution is 0.294. The maximum absolute atomic E-state index is 13.0. The van der Waals surface area contributed by atoms with Crippen LogP contribution in [0.2, 0.25) is 0 Å². The molecule has 0 aliphatic carbocycles. The summed E-state index contributed by atoms with van der Waals surface area (Å²) in [4.78, 5) is 10.6. The number of phosphoric acid groups is 1. The predicted octanol–water partition coefficient (Wildman–Crippen LogP) is 8.35. The van der Waals surface area contributed by atoms with E-state index in [-0.39, 0.29) is 0 Å². The average Bonchev–Trinajstić information content (AvgIpc) is 3.00. The second-order valence-corrected chi connectivity index (χ2v) is 9.98. The minimum absolute atomic E-state index is 0.326. The van der Waals surface area contributed by atoms with Crippen molar-refractivity contribution in [3.8, 4) is 33.8 Å². The number of phosphoric ester groups is 1. The topological polar surface area (TPSA) is 55.8 Å². The highest BCUT2D eigenvalue weighted by molar-refractivity contribution is 7.48. The summed E-state index contributed by atoms with van der Waals surface area (Å²) in [5.74, 6) is 0.656. The summed E-state index contributed by atoms with van der Waals surface area (Å²) in [6, 6.07) is 36.0. The van der Waals surface area contributed by atoms with Crippen molar-refractivity contribution in [1.82, 2.24) is 0 Å². The van der Waals surface area contributed by atoms with Crippen LogP contribution in [0.25, 0.3) is 54.6 Å². The van der Waals surface area contributed by atoms with Crippen molar-refractivity contribution < 1.29 is 18.5 Å². The molecule has 6 aromatic carbocycles. The van der Waals surface area contributed by atoms with Gasteiger partial charge in [-0.15, -0.1) is 0 Å². The maximum atomic E-state index is 13.0. The van der Waals surface area contributed by atoms with E-state index in [1.807, 2.05) is 72.8 Å². The van der Waals surface area contributed by atoms with E-state index >= 15 is 0 Å². The van der Waals surface area contributed by atoms with Gasteiger partial charge in [0.1, 0.15) is 11.5 Å². The third kappa shape index (κ3) is 3.15. The van der Waals surface area contributed by atoms with Gasteiger partial charge in [0.05, 0.1) is 0 Å². The number of fused-ring (bicyclic) bond motifs is 8. The molecule has 0 bridgehead atoms. The van der Waals surface area contributed by atoms with E-state index in [0.29, 0.717) is 11.5 Å². The van der Waals surface area contributed by atoms with Crippen LogP contribution in [0.4, 0.5) is 0 Å². The van der Waals surface area contributed by atoms with Crippen molar-refractivity contribution in [2.45, 2.75) is 0 Å². The monoisotopic (exact) mass is 474 g/mol. The van der Waals surface area contributed by atoms with Gasteiger partial charge >= 0.3 is 7.82 Å². The molecule has 0 radical (unpaired) electrons. The molecule has 1 N–H and O–H groups in total. The fourth-order valence-corrected chi connectivity index (χ4v) is 6.05. The van der Waals surface area contributed by atoms with Gasteiger partial charge in [-0.25, -0.2) is 4.57 Å². The average molecular weight is 474 g/mol. The van der Waals surface area contributed by atoms with Crippen LogP contribution < -0.4 is 9.05 Å². The minimum Gasteiger partial charge on any atom is -0.395 e. The van der Waals surface area contributed by atoms with Crippen LogP contribution in [0, 0.1) is 0 Å². The molecule has 1 aliphatic heterocycles. The minimum atomic E-state index is -4.41.